The van der Waals surface area contributed by atoms with Gasteiger partial charge in [-0.15, -0.1) is 0 Å². The van der Waals surface area contributed by atoms with Crippen molar-refractivity contribution in [3.8, 4) is 0 Å². The van der Waals surface area contributed by atoms with Gasteiger partial charge in [-0.25, -0.2) is 4.79 Å². The van der Waals surface area contributed by atoms with E-state index in [4.69, 9.17) is 24.7 Å². The molecule has 12 nitrogen and oxygen atoms in total. The van der Waals surface area contributed by atoms with Crippen LogP contribution in [0.5, 0.6) is 0 Å². The first-order valence-corrected chi connectivity index (χ1v) is 16.3. The van der Waals surface area contributed by atoms with E-state index in [1.165, 1.54) is 13.2 Å². The van der Waals surface area contributed by atoms with Crippen molar-refractivity contribution in [2.75, 3.05) is 47.5 Å². The van der Waals surface area contributed by atoms with Gasteiger partial charge < -0.3 is 40.2 Å². The van der Waals surface area contributed by atoms with E-state index in [0.29, 0.717) is 24.1 Å². The van der Waals surface area contributed by atoms with Crippen LogP contribution in [0.2, 0.25) is 0 Å². The molecule has 12 heteroatoms. The Labute approximate surface area is 278 Å². The first kappa shape index (κ1) is 37.9. The number of nitrogens with two attached hydrogens (primary N) is 1. The van der Waals surface area contributed by atoms with Gasteiger partial charge in [-0.05, 0) is 64.1 Å². The zero-order valence-corrected chi connectivity index (χ0v) is 28.8. The third kappa shape index (κ3) is 10.5. The molecule has 2 aliphatic heterocycles. The molecule has 2 bridgehead atoms. The van der Waals surface area contributed by atoms with Gasteiger partial charge in [-0.2, -0.15) is 0 Å². The van der Waals surface area contributed by atoms with Crippen LogP contribution in [0.25, 0.3) is 0 Å². The number of nitrogens with one attached hydrogen (secondary N) is 2. The summed E-state index contributed by atoms with van der Waals surface area (Å²) in [5, 5.41) is 5.90. The Balaban J connectivity index is 2.04. The second-order valence-corrected chi connectivity index (χ2v) is 12.6. The molecule has 0 aromatic rings. The van der Waals surface area contributed by atoms with Gasteiger partial charge in [0.15, 0.2) is 6.10 Å². The van der Waals surface area contributed by atoms with Crippen molar-refractivity contribution in [3.63, 3.8) is 0 Å². The first-order chi connectivity index (χ1) is 22.4. The van der Waals surface area contributed by atoms with Gasteiger partial charge in [0.1, 0.15) is 6.10 Å². The van der Waals surface area contributed by atoms with Gasteiger partial charge in [0.05, 0.1) is 23.6 Å². The highest BCUT2D eigenvalue weighted by Crippen LogP contribution is 2.29. The van der Waals surface area contributed by atoms with Crippen LogP contribution in [0, 0.1) is 11.8 Å². The van der Waals surface area contributed by atoms with E-state index in [1.54, 1.807) is 39.4 Å². The molecule has 1 aliphatic carbocycles. The van der Waals surface area contributed by atoms with E-state index in [9.17, 15) is 19.2 Å². The highest BCUT2D eigenvalue weighted by atomic mass is 16.6. The van der Waals surface area contributed by atoms with Crippen molar-refractivity contribution in [3.05, 3.63) is 58.5 Å². The van der Waals surface area contributed by atoms with Crippen molar-refractivity contribution in [1.29, 1.82) is 0 Å². The van der Waals surface area contributed by atoms with Gasteiger partial charge in [-0.1, -0.05) is 38.2 Å². The topological polar surface area (TPSA) is 159 Å². The van der Waals surface area contributed by atoms with Crippen LogP contribution in [-0.2, 0) is 33.3 Å². The standard InChI is InChI=1S/C35H52N4O8/c1-21-17-25-30(37-13-16-39-14-8-9-15-39)27(40)20-26(31(25)41)38-34(42)22(2)11-10-12-28(44-5)33(47-35(36)43)24(4)19-23(3)32(46-7)29(18-21)45-6/h10-12,19-21,23,28-29,32-33,37H,8-9,13-18H2,1-7H3,(H2,36,43)(H,38,42)/b12-10-,22-11+,24-19+/t21-,23+,28?,29+,32-,33+/m1/s1. The van der Waals surface area contributed by atoms with E-state index < -0.39 is 36.1 Å². The lowest BCUT2D eigenvalue weighted by atomic mass is 9.85. The highest BCUT2D eigenvalue weighted by Gasteiger charge is 2.34. The predicted molar refractivity (Wildman–Crippen MR) is 178 cm³/mol. The summed E-state index contributed by atoms with van der Waals surface area (Å²) in [7, 11) is 4.69. The number of Topliss-reactive ketones (excluding diaryl/α,β-unsaturated/α-hetero) is 1. The minimum absolute atomic E-state index is 0.0712. The van der Waals surface area contributed by atoms with Crippen LogP contribution in [0.4, 0.5) is 4.79 Å². The summed E-state index contributed by atoms with van der Waals surface area (Å²) in [6, 6.07) is 0. The first-order valence-electron chi connectivity index (χ1n) is 16.3. The average Bonchev–Trinajstić information content (AvgIpc) is 3.54. The SMILES string of the molecule is COC1/C=C\C=C(/C)C(=O)NC2=CC(=O)C(NCCN3CCCC3)=C(C[C@@H](C)C[C@H](OC)[C@H](OC)[C@@H](C)/C=C(\C)[C@@H]1OC(N)=O)C2=O. The molecule has 1 saturated heterocycles. The maximum atomic E-state index is 13.9. The number of fused-ring (bicyclic) bond motifs is 2. The lowest BCUT2D eigenvalue weighted by molar-refractivity contribution is -0.120. The second kappa shape index (κ2) is 18.1. The Bertz CT molecular complexity index is 1310. The number of rotatable bonds is 8. The maximum absolute atomic E-state index is 13.9. The van der Waals surface area contributed by atoms with Gasteiger partial charge in [0, 0.05) is 57.6 Å². The molecule has 6 atom stereocenters. The molecule has 1 fully saturated rings. The van der Waals surface area contributed by atoms with Crippen LogP contribution in [0.1, 0.15) is 53.4 Å². The van der Waals surface area contributed by atoms with E-state index in [-0.39, 0.29) is 47.1 Å². The Hall–Kier alpha value is -3.58. The second-order valence-electron chi connectivity index (χ2n) is 12.6. The molecule has 2 heterocycles. The number of likely N-dealkylation sites (tertiary alicyclic amines) is 1. The van der Waals surface area contributed by atoms with Crippen molar-refractivity contribution < 1.29 is 38.1 Å². The third-order valence-corrected chi connectivity index (χ3v) is 8.96. The number of ether oxygens (including phenoxy) is 4. The Morgan fingerprint density at radius 2 is 1.77 bits per heavy atom. The Morgan fingerprint density at radius 1 is 1.06 bits per heavy atom. The van der Waals surface area contributed by atoms with E-state index in [2.05, 4.69) is 15.5 Å². The number of hydrogen-bond acceptors (Lipinski definition) is 10. The fraction of sp³-hybridized carbons (Fsp3) is 0.600. The van der Waals surface area contributed by atoms with Crippen molar-refractivity contribution in [2.24, 2.45) is 17.6 Å². The van der Waals surface area contributed by atoms with E-state index >= 15 is 0 Å². The molecule has 1 unspecified atom stereocenters. The van der Waals surface area contributed by atoms with Crippen LogP contribution in [-0.4, -0.2) is 100 Å². The highest BCUT2D eigenvalue weighted by molar-refractivity contribution is 6.23. The summed E-state index contributed by atoms with van der Waals surface area (Å²) in [4.78, 5) is 54.7. The summed E-state index contributed by atoms with van der Waals surface area (Å²) in [5.74, 6) is -1.60. The predicted octanol–water partition coefficient (Wildman–Crippen LogP) is 3.10. The number of carbonyl (C=O) groups is 4. The van der Waals surface area contributed by atoms with Gasteiger partial charge in [-0.3, -0.25) is 14.4 Å². The fourth-order valence-electron chi connectivity index (χ4n) is 6.48. The number of amides is 2. The number of ketones is 2. The van der Waals surface area contributed by atoms with Crippen LogP contribution in [0.3, 0.4) is 0 Å². The Morgan fingerprint density at radius 3 is 2.38 bits per heavy atom. The molecule has 3 rings (SSSR count). The molecule has 0 radical (unpaired) electrons. The molecule has 0 aromatic carbocycles. The summed E-state index contributed by atoms with van der Waals surface area (Å²) in [5.41, 5.74) is 6.93. The third-order valence-electron chi connectivity index (χ3n) is 8.96. The van der Waals surface area contributed by atoms with Crippen molar-refractivity contribution >= 4 is 23.6 Å². The lowest BCUT2D eigenvalue weighted by Crippen LogP contribution is -2.39. The number of carbonyl (C=O) groups excluding carboxylic acids is 4. The largest absolute Gasteiger partial charge is 0.439 e. The molecule has 0 spiro atoms. The molecule has 0 aromatic heterocycles. The number of hydrogen-bond donors (Lipinski definition) is 3. The van der Waals surface area contributed by atoms with Gasteiger partial charge in [0.2, 0.25) is 11.6 Å². The van der Waals surface area contributed by atoms with Gasteiger partial charge >= 0.3 is 6.09 Å². The molecular weight excluding hydrogens is 604 g/mol. The zero-order valence-electron chi connectivity index (χ0n) is 28.8. The van der Waals surface area contributed by atoms with E-state index in [0.717, 1.165) is 32.5 Å². The fourth-order valence-corrected chi connectivity index (χ4v) is 6.48. The molecular formula is C35H52N4O8. The molecule has 47 heavy (non-hydrogen) atoms. The smallest absolute Gasteiger partial charge is 0.405 e. The molecule has 3 aliphatic rings. The summed E-state index contributed by atoms with van der Waals surface area (Å²) in [6.45, 7) is 10.7. The Kier molecular flexibility index (Phi) is 14.6. The minimum atomic E-state index is -0.958. The number of methoxy groups -OCH3 is 3. The van der Waals surface area contributed by atoms with Crippen LogP contribution in [0.15, 0.2) is 58.5 Å². The molecule has 2 amide bonds. The van der Waals surface area contributed by atoms with Crippen molar-refractivity contribution in [2.45, 2.75) is 77.8 Å². The van der Waals surface area contributed by atoms with Gasteiger partial charge in [0.25, 0.3) is 5.91 Å². The normalized spacial score (nSPS) is 31.7. The molecule has 0 saturated carbocycles. The molecule has 4 N–H and O–H groups in total. The number of allylic oxidation sites excluding steroid dienone is 4. The number of primary amides is 1. The summed E-state index contributed by atoms with van der Waals surface area (Å²) < 4.78 is 23.0. The average molecular weight is 657 g/mol. The van der Waals surface area contributed by atoms with Crippen LogP contribution >= 0.6 is 0 Å². The summed E-state index contributed by atoms with van der Waals surface area (Å²) >= 11 is 0. The van der Waals surface area contributed by atoms with Crippen molar-refractivity contribution in [1.82, 2.24) is 15.5 Å². The summed E-state index contributed by atoms with van der Waals surface area (Å²) in [6.07, 6.45) is 7.70. The number of nitrogens with zero attached hydrogens (tertiary/aromatic N) is 1. The molecule has 260 valence electrons. The zero-order chi connectivity index (χ0) is 34.7. The van der Waals surface area contributed by atoms with E-state index in [1.807, 2.05) is 26.8 Å². The lowest BCUT2D eigenvalue weighted by Gasteiger charge is -2.32. The van der Waals surface area contributed by atoms with Crippen LogP contribution < -0.4 is 16.4 Å². The quantitative estimate of drug-likeness (QED) is 0.262. The monoisotopic (exact) mass is 656 g/mol. The maximum Gasteiger partial charge on any atom is 0.405 e. The minimum Gasteiger partial charge on any atom is -0.439 e.